The van der Waals surface area contributed by atoms with Crippen molar-refractivity contribution in [2.45, 2.75) is 6.04 Å². The minimum Gasteiger partial charge on any atom is -0.329 e. The molecule has 0 heterocycles. The Hall–Kier alpha value is -1.16. The molecule has 94 valence electrons. The lowest BCUT2D eigenvalue weighted by Crippen LogP contribution is -2.27. The van der Waals surface area contributed by atoms with Gasteiger partial charge in [0.05, 0.1) is 6.04 Å². The molecule has 18 heavy (non-hydrogen) atoms. The quantitative estimate of drug-likeness (QED) is 0.891. The van der Waals surface area contributed by atoms with E-state index in [1.54, 1.807) is 0 Å². The molecule has 0 aromatic heterocycles. The average molecular weight is 305 g/mol. The number of nitrogens with two attached hydrogens (primary N) is 1. The number of rotatable bonds is 5. The van der Waals surface area contributed by atoms with Gasteiger partial charge in [-0.05, 0) is 23.3 Å². The van der Waals surface area contributed by atoms with Crippen molar-refractivity contribution in [3.05, 3.63) is 70.2 Å². The van der Waals surface area contributed by atoms with Crippen LogP contribution in [0, 0.1) is 0 Å². The lowest BCUT2D eigenvalue weighted by molar-refractivity contribution is 0.612. The van der Waals surface area contributed by atoms with Crippen LogP contribution in [0.15, 0.2) is 59.1 Å². The molecule has 2 aromatic rings. The summed E-state index contributed by atoms with van der Waals surface area (Å²) in [4.78, 5) is 0. The number of hydrogen-bond donors (Lipinski definition) is 2. The van der Waals surface area contributed by atoms with Gasteiger partial charge in [0.25, 0.3) is 0 Å². The number of nitrogens with one attached hydrogen (secondary N) is 1. The molecular weight excluding hydrogens is 288 g/mol. The fourth-order valence-corrected chi connectivity index (χ4v) is 2.22. The van der Waals surface area contributed by atoms with Crippen LogP contribution in [-0.4, -0.2) is 13.1 Å². The third-order valence-electron chi connectivity index (χ3n) is 2.83. The Balaban J connectivity index is 2.27. The molecule has 0 saturated carbocycles. The average Bonchev–Trinajstić information content (AvgIpc) is 2.42. The predicted molar refractivity (Wildman–Crippen MR) is 79.5 cm³/mol. The molecular formula is C15H17BrN2. The molecule has 0 aliphatic carbocycles. The molecule has 2 aromatic carbocycles. The van der Waals surface area contributed by atoms with Gasteiger partial charge in [0, 0.05) is 17.6 Å². The van der Waals surface area contributed by atoms with Gasteiger partial charge in [-0.25, -0.2) is 0 Å². The normalized spacial score (nSPS) is 12.3. The zero-order chi connectivity index (χ0) is 12.8. The maximum absolute atomic E-state index is 5.59. The Bertz CT molecular complexity index is 468. The van der Waals surface area contributed by atoms with Crippen LogP contribution in [0.5, 0.6) is 0 Å². The van der Waals surface area contributed by atoms with E-state index in [-0.39, 0.29) is 6.04 Å². The number of halogens is 1. The summed E-state index contributed by atoms with van der Waals surface area (Å²) in [6, 6.07) is 19.0. The van der Waals surface area contributed by atoms with Crippen LogP contribution in [0.3, 0.4) is 0 Å². The van der Waals surface area contributed by atoms with E-state index in [2.05, 4.69) is 69.8 Å². The highest BCUT2D eigenvalue weighted by atomic mass is 79.9. The highest BCUT2D eigenvalue weighted by molar-refractivity contribution is 9.10. The topological polar surface area (TPSA) is 38.0 Å². The Morgan fingerprint density at radius 1 is 0.944 bits per heavy atom. The van der Waals surface area contributed by atoms with Crippen molar-refractivity contribution in [2.75, 3.05) is 13.1 Å². The van der Waals surface area contributed by atoms with Gasteiger partial charge in [0.2, 0.25) is 0 Å². The molecule has 3 heteroatoms. The van der Waals surface area contributed by atoms with Crippen molar-refractivity contribution >= 4 is 15.9 Å². The maximum Gasteiger partial charge on any atom is 0.0577 e. The fourth-order valence-electron chi connectivity index (χ4n) is 1.96. The summed E-state index contributed by atoms with van der Waals surface area (Å²) in [5, 5.41) is 3.48. The first kappa shape index (κ1) is 13.3. The molecule has 1 atom stereocenters. The summed E-state index contributed by atoms with van der Waals surface area (Å²) in [5.41, 5.74) is 8.09. The lowest BCUT2D eigenvalue weighted by Gasteiger charge is -2.19. The highest BCUT2D eigenvalue weighted by Crippen LogP contribution is 2.23. The predicted octanol–water partition coefficient (Wildman–Crippen LogP) is 3.09. The molecule has 0 fully saturated rings. The summed E-state index contributed by atoms with van der Waals surface area (Å²) < 4.78 is 1.09. The monoisotopic (exact) mass is 304 g/mol. The van der Waals surface area contributed by atoms with Crippen molar-refractivity contribution in [3.8, 4) is 0 Å². The van der Waals surface area contributed by atoms with Crippen molar-refractivity contribution in [2.24, 2.45) is 5.73 Å². The first-order chi connectivity index (χ1) is 8.81. The number of hydrogen-bond acceptors (Lipinski definition) is 2. The SMILES string of the molecule is NCCN[C@H](c1ccccc1)c1ccc(Br)cc1. The van der Waals surface area contributed by atoms with Gasteiger partial charge in [-0.2, -0.15) is 0 Å². The van der Waals surface area contributed by atoms with Crippen LogP contribution in [0.25, 0.3) is 0 Å². The van der Waals surface area contributed by atoms with Crippen LogP contribution in [-0.2, 0) is 0 Å². The second kappa shape index (κ2) is 6.69. The van der Waals surface area contributed by atoms with E-state index in [1.165, 1.54) is 11.1 Å². The summed E-state index contributed by atoms with van der Waals surface area (Å²) in [6.07, 6.45) is 0. The van der Waals surface area contributed by atoms with Gasteiger partial charge in [-0.3, -0.25) is 0 Å². The van der Waals surface area contributed by atoms with Gasteiger partial charge in [0.15, 0.2) is 0 Å². The summed E-state index contributed by atoms with van der Waals surface area (Å²) in [7, 11) is 0. The van der Waals surface area contributed by atoms with Crippen LogP contribution in [0.2, 0.25) is 0 Å². The molecule has 2 rings (SSSR count). The highest BCUT2D eigenvalue weighted by Gasteiger charge is 2.12. The third-order valence-corrected chi connectivity index (χ3v) is 3.36. The lowest BCUT2D eigenvalue weighted by atomic mass is 9.99. The Kier molecular flexibility index (Phi) is 4.93. The van der Waals surface area contributed by atoms with E-state index in [0.29, 0.717) is 6.54 Å². The Morgan fingerprint density at radius 2 is 1.56 bits per heavy atom. The molecule has 3 N–H and O–H groups in total. The van der Waals surface area contributed by atoms with E-state index in [4.69, 9.17) is 5.73 Å². The van der Waals surface area contributed by atoms with Gasteiger partial charge >= 0.3 is 0 Å². The molecule has 0 saturated heterocycles. The minimum atomic E-state index is 0.197. The van der Waals surface area contributed by atoms with Crippen molar-refractivity contribution in [1.29, 1.82) is 0 Å². The fraction of sp³-hybridized carbons (Fsp3) is 0.200. The molecule has 0 aliphatic heterocycles. The van der Waals surface area contributed by atoms with Gasteiger partial charge in [-0.15, -0.1) is 0 Å². The summed E-state index contributed by atoms with van der Waals surface area (Å²) in [6.45, 7) is 1.44. The second-order valence-corrected chi connectivity index (χ2v) is 5.05. The zero-order valence-electron chi connectivity index (χ0n) is 10.1. The molecule has 0 aliphatic rings. The molecule has 0 unspecified atom stereocenters. The molecule has 2 nitrogen and oxygen atoms in total. The third kappa shape index (κ3) is 3.42. The first-order valence-corrected chi connectivity index (χ1v) is 6.84. The standard InChI is InChI=1S/C15H17BrN2/c16-14-8-6-13(7-9-14)15(18-11-10-17)12-4-2-1-3-5-12/h1-9,15,18H,10-11,17H2/t15-/m1/s1. The van der Waals surface area contributed by atoms with Crippen molar-refractivity contribution in [3.63, 3.8) is 0 Å². The second-order valence-electron chi connectivity index (χ2n) is 4.14. The molecule has 0 radical (unpaired) electrons. The minimum absolute atomic E-state index is 0.197. The number of benzene rings is 2. The Labute approximate surface area is 116 Å². The molecule has 0 spiro atoms. The largest absolute Gasteiger partial charge is 0.329 e. The maximum atomic E-state index is 5.59. The van der Waals surface area contributed by atoms with E-state index < -0.39 is 0 Å². The smallest absolute Gasteiger partial charge is 0.0577 e. The van der Waals surface area contributed by atoms with Crippen LogP contribution in [0.4, 0.5) is 0 Å². The zero-order valence-corrected chi connectivity index (χ0v) is 11.7. The van der Waals surface area contributed by atoms with Gasteiger partial charge in [0.1, 0.15) is 0 Å². The van der Waals surface area contributed by atoms with Crippen LogP contribution < -0.4 is 11.1 Å². The van der Waals surface area contributed by atoms with E-state index in [1.807, 2.05) is 6.07 Å². The van der Waals surface area contributed by atoms with E-state index >= 15 is 0 Å². The summed E-state index contributed by atoms with van der Waals surface area (Å²) in [5.74, 6) is 0. The first-order valence-electron chi connectivity index (χ1n) is 6.05. The molecule has 0 amide bonds. The summed E-state index contributed by atoms with van der Waals surface area (Å²) >= 11 is 3.46. The van der Waals surface area contributed by atoms with Gasteiger partial charge < -0.3 is 11.1 Å². The van der Waals surface area contributed by atoms with Gasteiger partial charge in [-0.1, -0.05) is 58.4 Å². The Morgan fingerprint density at radius 3 is 2.17 bits per heavy atom. The van der Waals surface area contributed by atoms with Crippen molar-refractivity contribution < 1.29 is 0 Å². The molecule has 0 bridgehead atoms. The van der Waals surface area contributed by atoms with Crippen LogP contribution in [0.1, 0.15) is 17.2 Å². The van der Waals surface area contributed by atoms with E-state index in [0.717, 1.165) is 11.0 Å². The van der Waals surface area contributed by atoms with Crippen molar-refractivity contribution in [1.82, 2.24) is 5.32 Å². The van der Waals surface area contributed by atoms with E-state index in [9.17, 15) is 0 Å². The van der Waals surface area contributed by atoms with Crippen LogP contribution >= 0.6 is 15.9 Å².